The van der Waals surface area contributed by atoms with Gasteiger partial charge in [0.15, 0.2) is 0 Å². The fourth-order valence-corrected chi connectivity index (χ4v) is 3.95. The van der Waals surface area contributed by atoms with Crippen molar-refractivity contribution in [3.8, 4) is 0 Å². The van der Waals surface area contributed by atoms with Crippen LogP contribution in [0.4, 0.5) is 4.79 Å². The van der Waals surface area contributed by atoms with Gasteiger partial charge in [-0.05, 0) is 37.8 Å². The summed E-state index contributed by atoms with van der Waals surface area (Å²) >= 11 is 1.21. The first-order chi connectivity index (χ1) is 8.74. The van der Waals surface area contributed by atoms with Crippen molar-refractivity contribution in [2.45, 2.75) is 18.9 Å². The van der Waals surface area contributed by atoms with Crippen LogP contribution in [-0.4, -0.2) is 54.0 Å². The molecule has 0 saturated carbocycles. The van der Waals surface area contributed by atoms with Gasteiger partial charge < -0.3 is 15.5 Å². The van der Waals surface area contributed by atoms with Crippen LogP contribution in [0.15, 0.2) is 0 Å². The van der Waals surface area contributed by atoms with Crippen molar-refractivity contribution >= 4 is 35.3 Å². The highest BCUT2D eigenvalue weighted by Crippen LogP contribution is 2.27. The maximum Gasteiger partial charge on any atom is 0.279 e. The molecule has 3 saturated heterocycles. The molecule has 3 atom stereocenters. The zero-order valence-corrected chi connectivity index (χ0v) is 12.4. The molecule has 0 aromatic carbocycles. The molecule has 3 aliphatic heterocycles. The fourth-order valence-electron chi connectivity index (χ4n) is 3.18. The van der Waals surface area contributed by atoms with Crippen LogP contribution in [0.2, 0.25) is 0 Å². The van der Waals surface area contributed by atoms with Crippen LogP contribution in [0.5, 0.6) is 0 Å². The Kier molecular flexibility index (Phi) is 4.97. The van der Waals surface area contributed by atoms with Gasteiger partial charge in [-0.2, -0.15) is 0 Å². The third-order valence-corrected chi connectivity index (χ3v) is 5.18. The summed E-state index contributed by atoms with van der Waals surface area (Å²) in [4.78, 5) is 25.4. The van der Waals surface area contributed by atoms with Crippen molar-refractivity contribution in [2.75, 3.05) is 31.9 Å². The number of hydrogen-bond donors (Lipinski definition) is 2. The minimum Gasteiger partial charge on any atom is -0.341 e. The minimum absolute atomic E-state index is 0. The van der Waals surface area contributed by atoms with Crippen molar-refractivity contribution in [1.29, 1.82) is 0 Å². The van der Waals surface area contributed by atoms with E-state index in [0.29, 0.717) is 5.75 Å². The van der Waals surface area contributed by atoms with E-state index in [1.165, 1.54) is 11.8 Å². The molecule has 5 nitrogen and oxygen atoms in total. The summed E-state index contributed by atoms with van der Waals surface area (Å²) in [5, 5.41) is 6.11. The number of thioether (sulfide) groups is 1. The Labute approximate surface area is 123 Å². The summed E-state index contributed by atoms with van der Waals surface area (Å²) in [5.74, 6) is 2.16. The third kappa shape index (κ3) is 3.17. The van der Waals surface area contributed by atoms with Crippen LogP contribution in [0, 0.1) is 11.8 Å². The van der Waals surface area contributed by atoms with E-state index in [2.05, 4.69) is 10.6 Å². The Bertz CT molecular complexity index is 355. The molecule has 0 aliphatic carbocycles. The number of fused-ring (bicyclic) bond motifs is 1. The van der Waals surface area contributed by atoms with Gasteiger partial charge in [-0.3, -0.25) is 9.59 Å². The number of likely N-dealkylation sites (tertiary alicyclic amines) is 1. The van der Waals surface area contributed by atoms with Gasteiger partial charge in [-0.1, -0.05) is 11.8 Å². The van der Waals surface area contributed by atoms with Gasteiger partial charge in [-0.25, -0.2) is 0 Å². The molecule has 2 amide bonds. The first-order valence-corrected chi connectivity index (χ1v) is 7.65. The molecule has 0 unspecified atom stereocenters. The van der Waals surface area contributed by atoms with Crippen molar-refractivity contribution in [2.24, 2.45) is 11.8 Å². The average molecular weight is 306 g/mol. The van der Waals surface area contributed by atoms with Crippen LogP contribution < -0.4 is 10.6 Å². The molecule has 3 rings (SSSR count). The third-order valence-electron chi connectivity index (χ3n) is 4.30. The van der Waals surface area contributed by atoms with E-state index in [1.807, 2.05) is 4.90 Å². The van der Waals surface area contributed by atoms with E-state index in [0.717, 1.165) is 50.9 Å². The standard InChI is InChI=1S/C12H19N3O2S.ClH/c16-11(10-7-18-12(17)14-10)15-3-1-8-5-13-6-9(8)2-4-15;/h8-10,13H,1-7H2,(H,14,17);1H/t8-,9+,10-;/m0./s1. The lowest BCUT2D eigenvalue weighted by molar-refractivity contribution is -0.132. The fraction of sp³-hybridized carbons (Fsp3) is 0.833. The van der Waals surface area contributed by atoms with E-state index >= 15 is 0 Å². The van der Waals surface area contributed by atoms with E-state index in [9.17, 15) is 9.59 Å². The predicted molar refractivity (Wildman–Crippen MR) is 77.7 cm³/mol. The summed E-state index contributed by atoms with van der Waals surface area (Å²) in [5.41, 5.74) is 0. The second-order valence-electron chi connectivity index (χ2n) is 5.38. The van der Waals surface area contributed by atoms with E-state index in [4.69, 9.17) is 0 Å². The maximum atomic E-state index is 12.3. The SMILES string of the molecule is Cl.O=C1N[C@H](C(=O)N2CC[C@@H]3CNC[C@@H]3CC2)CS1. The Hall–Kier alpha value is -0.460. The quantitative estimate of drug-likeness (QED) is 0.748. The Morgan fingerprint density at radius 3 is 2.37 bits per heavy atom. The molecule has 0 aromatic rings. The topological polar surface area (TPSA) is 61.4 Å². The number of carbonyl (C=O) groups excluding carboxylic acids is 2. The first kappa shape index (κ1) is 14.9. The molecule has 108 valence electrons. The van der Waals surface area contributed by atoms with E-state index in [-0.39, 0.29) is 29.6 Å². The van der Waals surface area contributed by atoms with Crippen LogP contribution >= 0.6 is 24.2 Å². The number of carbonyl (C=O) groups is 2. The Balaban J connectivity index is 0.00000133. The molecule has 3 heterocycles. The highest BCUT2D eigenvalue weighted by atomic mass is 35.5. The molecule has 0 spiro atoms. The molecule has 0 aromatic heterocycles. The van der Waals surface area contributed by atoms with Gasteiger partial charge in [0, 0.05) is 18.8 Å². The zero-order valence-electron chi connectivity index (χ0n) is 10.8. The Morgan fingerprint density at radius 1 is 1.21 bits per heavy atom. The summed E-state index contributed by atoms with van der Waals surface area (Å²) in [6, 6.07) is -0.293. The lowest BCUT2D eigenvalue weighted by Gasteiger charge is -2.23. The summed E-state index contributed by atoms with van der Waals surface area (Å²) in [6.45, 7) is 3.89. The lowest BCUT2D eigenvalue weighted by Crippen LogP contribution is -2.46. The second-order valence-corrected chi connectivity index (χ2v) is 6.37. The highest BCUT2D eigenvalue weighted by Gasteiger charge is 2.35. The molecule has 3 fully saturated rings. The van der Waals surface area contributed by atoms with Gasteiger partial charge >= 0.3 is 0 Å². The molecule has 7 heteroatoms. The van der Waals surface area contributed by atoms with Crippen molar-refractivity contribution in [3.05, 3.63) is 0 Å². The van der Waals surface area contributed by atoms with Gasteiger partial charge in [0.1, 0.15) is 6.04 Å². The number of nitrogens with zero attached hydrogens (tertiary/aromatic N) is 1. The monoisotopic (exact) mass is 305 g/mol. The molecule has 19 heavy (non-hydrogen) atoms. The number of nitrogens with one attached hydrogen (secondary N) is 2. The summed E-state index contributed by atoms with van der Waals surface area (Å²) < 4.78 is 0. The van der Waals surface area contributed by atoms with Gasteiger partial charge in [0.2, 0.25) is 5.91 Å². The zero-order chi connectivity index (χ0) is 12.5. The first-order valence-electron chi connectivity index (χ1n) is 6.67. The maximum absolute atomic E-state index is 12.3. The lowest BCUT2D eigenvalue weighted by atomic mass is 9.92. The summed E-state index contributed by atoms with van der Waals surface area (Å²) in [7, 11) is 0. The predicted octanol–water partition coefficient (Wildman–Crippen LogP) is 0.691. The van der Waals surface area contributed by atoms with E-state index in [1.54, 1.807) is 0 Å². The second kappa shape index (κ2) is 6.33. The number of rotatable bonds is 1. The van der Waals surface area contributed by atoms with Crippen molar-refractivity contribution in [3.63, 3.8) is 0 Å². The number of halogens is 1. The van der Waals surface area contributed by atoms with Crippen molar-refractivity contribution < 1.29 is 9.59 Å². The molecule has 2 N–H and O–H groups in total. The van der Waals surface area contributed by atoms with Gasteiger partial charge in [0.25, 0.3) is 5.24 Å². The summed E-state index contributed by atoms with van der Waals surface area (Å²) in [6.07, 6.45) is 2.19. The Morgan fingerprint density at radius 2 is 1.84 bits per heavy atom. The van der Waals surface area contributed by atoms with Gasteiger partial charge in [-0.15, -0.1) is 12.4 Å². The van der Waals surface area contributed by atoms with Crippen molar-refractivity contribution in [1.82, 2.24) is 15.5 Å². The minimum atomic E-state index is -0.293. The van der Waals surface area contributed by atoms with Gasteiger partial charge in [0.05, 0.1) is 0 Å². The van der Waals surface area contributed by atoms with Crippen LogP contribution in [-0.2, 0) is 4.79 Å². The largest absolute Gasteiger partial charge is 0.341 e. The number of hydrogen-bond acceptors (Lipinski definition) is 4. The molecular formula is C12H20ClN3O2S. The van der Waals surface area contributed by atoms with Crippen LogP contribution in [0.3, 0.4) is 0 Å². The van der Waals surface area contributed by atoms with Crippen LogP contribution in [0.25, 0.3) is 0 Å². The average Bonchev–Trinajstić information content (AvgIpc) is 2.94. The molecule has 3 aliphatic rings. The molecule has 0 bridgehead atoms. The number of amides is 2. The van der Waals surface area contributed by atoms with Crippen LogP contribution in [0.1, 0.15) is 12.8 Å². The smallest absolute Gasteiger partial charge is 0.279 e. The highest BCUT2D eigenvalue weighted by molar-refractivity contribution is 8.14. The molecular weight excluding hydrogens is 286 g/mol. The normalized spacial score (nSPS) is 34.2. The van der Waals surface area contributed by atoms with E-state index < -0.39 is 0 Å². The molecule has 0 radical (unpaired) electrons.